The fourth-order valence-corrected chi connectivity index (χ4v) is 2.04. The number of nitrogens with one attached hydrogen (secondary N) is 1. The van der Waals surface area contributed by atoms with Crippen molar-refractivity contribution in [3.05, 3.63) is 29.8 Å². The van der Waals surface area contributed by atoms with E-state index in [2.05, 4.69) is 5.32 Å². The molecule has 0 atom stereocenters. The Morgan fingerprint density at radius 2 is 1.62 bits per heavy atom. The van der Waals surface area contributed by atoms with Crippen molar-refractivity contribution in [2.75, 3.05) is 5.32 Å². The Kier molecular flexibility index (Phi) is 6.76. The van der Waals surface area contributed by atoms with Crippen LogP contribution in [-0.4, -0.2) is 33.8 Å². The van der Waals surface area contributed by atoms with Gasteiger partial charge in [-0.3, -0.25) is 14.9 Å². The molecule has 0 aliphatic carbocycles. The van der Waals surface area contributed by atoms with Crippen LogP contribution in [0.15, 0.2) is 24.3 Å². The maximum Gasteiger partial charge on any atom is 0.412 e. The standard InChI is InChI=1S/C17H23NO6/c1-17(2,3)24-16(23)18-12-9-7-11(8-10-12)5-4-6-13(14(19)20)15(21)22/h7-10,13H,4-6H2,1-3H3,(H,18,23)(H,19,20)(H,21,22). The summed E-state index contributed by atoms with van der Waals surface area (Å²) in [5.74, 6) is -4.02. The first-order chi connectivity index (χ1) is 11.1. The Labute approximate surface area is 140 Å². The third-order valence-corrected chi connectivity index (χ3v) is 3.15. The number of carbonyl (C=O) groups is 3. The van der Waals surface area contributed by atoms with E-state index in [4.69, 9.17) is 14.9 Å². The molecule has 0 fully saturated rings. The molecular weight excluding hydrogens is 314 g/mol. The number of carboxylic acids is 2. The van der Waals surface area contributed by atoms with Crippen LogP contribution in [-0.2, 0) is 20.7 Å². The lowest BCUT2D eigenvalue weighted by Crippen LogP contribution is -2.27. The van der Waals surface area contributed by atoms with Crippen molar-refractivity contribution in [3.63, 3.8) is 0 Å². The molecule has 0 aliphatic rings. The minimum atomic E-state index is -1.38. The number of aryl methyl sites for hydroxylation is 1. The topological polar surface area (TPSA) is 113 Å². The predicted octanol–water partition coefficient (Wildman–Crippen LogP) is 3.14. The molecule has 7 heteroatoms. The minimum Gasteiger partial charge on any atom is -0.481 e. The largest absolute Gasteiger partial charge is 0.481 e. The van der Waals surface area contributed by atoms with Crippen molar-refractivity contribution in [2.24, 2.45) is 5.92 Å². The number of hydrogen-bond donors (Lipinski definition) is 3. The van der Waals surface area contributed by atoms with Gasteiger partial charge in [-0.1, -0.05) is 12.1 Å². The fraction of sp³-hybridized carbons (Fsp3) is 0.471. The molecule has 1 aromatic carbocycles. The van der Waals surface area contributed by atoms with Crippen molar-refractivity contribution in [2.45, 2.75) is 45.6 Å². The summed E-state index contributed by atoms with van der Waals surface area (Å²) in [6.45, 7) is 5.32. The van der Waals surface area contributed by atoms with Crippen molar-refractivity contribution in [1.29, 1.82) is 0 Å². The summed E-state index contributed by atoms with van der Waals surface area (Å²) >= 11 is 0. The summed E-state index contributed by atoms with van der Waals surface area (Å²) in [6.07, 6.45) is 0.537. The first-order valence-electron chi connectivity index (χ1n) is 7.63. The molecular formula is C17H23NO6. The number of amides is 1. The summed E-state index contributed by atoms with van der Waals surface area (Å²) < 4.78 is 5.15. The summed E-state index contributed by atoms with van der Waals surface area (Å²) in [7, 11) is 0. The van der Waals surface area contributed by atoms with Crippen LogP contribution in [0, 0.1) is 5.92 Å². The molecule has 0 bridgehead atoms. The normalized spacial score (nSPS) is 11.2. The molecule has 0 spiro atoms. The smallest absolute Gasteiger partial charge is 0.412 e. The van der Waals surface area contributed by atoms with Crippen molar-refractivity contribution in [3.8, 4) is 0 Å². The molecule has 0 saturated carbocycles. The molecule has 0 radical (unpaired) electrons. The van der Waals surface area contributed by atoms with Gasteiger partial charge in [0.2, 0.25) is 0 Å². The van der Waals surface area contributed by atoms with Crippen LogP contribution >= 0.6 is 0 Å². The van der Waals surface area contributed by atoms with E-state index < -0.39 is 29.6 Å². The molecule has 3 N–H and O–H groups in total. The molecule has 1 aromatic rings. The number of benzene rings is 1. The third-order valence-electron chi connectivity index (χ3n) is 3.15. The number of aliphatic carboxylic acids is 2. The highest BCUT2D eigenvalue weighted by Gasteiger charge is 2.24. The molecule has 0 aromatic heterocycles. The van der Waals surface area contributed by atoms with Crippen LogP contribution in [0.25, 0.3) is 0 Å². The highest BCUT2D eigenvalue weighted by Crippen LogP contribution is 2.16. The number of rotatable bonds is 7. The zero-order chi connectivity index (χ0) is 18.3. The Hall–Kier alpha value is -2.57. The zero-order valence-corrected chi connectivity index (χ0v) is 14.0. The molecule has 0 saturated heterocycles. The average molecular weight is 337 g/mol. The molecule has 24 heavy (non-hydrogen) atoms. The van der Waals surface area contributed by atoms with Gasteiger partial charge in [0.15, 0.2) is 5.92 Å². The molecule has 7 nitrogen and oxygen atoms in total. The quantitative estimate of drug-likeness (QED) is 0.659. The maximum absolute atomic E-state index is 11.6. The monoisotopic (exact) mass is 337 g/mol. The van der Waals surface area contributed by atoms with Crippen LogP contribution in [0.4, 0.5) is 10.5 Å². The third kappa shape index (κ3) is 7.13. The van der Waals surface area contributed by atoms with Gasteiger partial charge >= 0.3 is 18.0 Å². The van der Waals surface area contributed by atoms with E-state index in [1.807, 2.05) is 0 Å². The van der Waals surface area contributed by atoms with Crippen LogP contribution in [0.1, 0.15) is 39.2 Å². The van der Waals surface area contributed by atoms with E-state index >= 15 is 0 Å². The number of carbonyl (C=O) groups excluding carboxylic acids is 1. The van der Waals surface area contributed by atoms with Crippen molar-refractivity contribution < 1.29 is 29.3 Å². The predicted molar refractivity (Wildman–Crippen MR) is 88.0 cm³/mol. The minimum absolute atomic E-state index is 0.0720. The molecule has 0 unspecified atom stereocenters. The van der Waals surface area contributed by atoms with Crippen LogP contribution < -0.4 is 5.32 Å². The van der Waals surface area contributed by atoms with Gasteiger partial charge in [0, 0.05) is 5.69 Å². The molecule has 0 aliphatic heterocycles. The second kappa shape index (κ2) is 8.33. The van der Waals surface area contributed by atoms with Crippen LogP contribution in [0.2, 0.25) is 0 Å². The first-order valence-corrected chi connectivity index (χ1v) is 7.63. The first kappa shape index (κ1) is 19.5. The van der Waals surface area contributed by atoms with Gasteiger partial charge in [-0.05, 0) is 57.7 Å². The Bertz CT molecular complexity index is 574. The van der Waals surface area contributed by atoms with Gasteiger partial charge < -0.3 is 14.9 Å². The summed E-state index contributed by atoms with van der Waals surface area (Å²) in [6, 6.07) is 7.02. The number of hydrogen-bond acceptors (Lipinski definition) is 4. The lowest BCUT2D eigenvalue weighted by atomic mass is 9.99. The van der Waals surface area contributed by atoms with Gasteiger partial charge in [-0.2, -0.15) is 0 Å². The van der Waals surface area contributed by atoms with E-state index in [1.54, 1.807) is 45.0 Å². The van der Waals surface area contributed by atoms with Gasteiger partial charge in [0.1, 0.15) is 5.60 Å². The van der Waals surface area contributed by atoms with E-state index in [0.717, 1.165) is 5.56 Å². The fourth-order valence-electron chi connectivity index (χ4n) is 2.04. The van der Waals surface area contributed by atoms with Crippen molar-refractivity contribution in [1.82, 2.24) is 0 Å². The van der Waals surface area contributed by atoms with Gasteiger partial charge in [-0.25, -0.2) is 4.79 Å². The SMILES string of the molecule is CC(C)(C)OC(=O)Nc1ccc(CCCC(C(=O)O)C(=O)O)cc1. The summed E-state index contributed by atoms with van der Waals surface area (Å²) in [5, 5.41) is 20.2. The Morgan fingerprint density at radius 1 is 1.08 bits per heavy atom. The van der Waals surface area contributed by atoms with E-state index in [1.165, 1.54) is 0 Å². The lowest BCUT2D eigenvalue weighted by molar-refractivity contribution is -0.154. The number of ether oxygens (including phenoxy) is 1. The highest BCUT2D eigenvalue weighted by molar-refractivity contribution is 5.92. The van der Waals surface area contributed by atoms with Crippen LogP contribution in [0.5, 0.6) is 0 Å². The molecule has 1 amide bonds. The average Bonchev–Trinajstić information content (AvgIpc) is 2.42. The van der Waals surface area contributed by atoms with Crippen molar-refractivity contribution >= 4 is 23.7 Å². The van der Waals surface area contributed by atoms with Gasteiger partial charge in [0.05, 0.1) is 0 Å². The Morgan fingerprint density at radius 3 is 2.08 bits per heavy atom. The van der Waals surface area contributed by atoms with E-state index in [0.29, 0.717) is 18.5 Å². The summed E-state index contributed by atoms with van der Waals surface area (Å²) in [5.41, 5.74) is 0.940. The van der Waals surface area contributed by atoms with Crippen LogP contribution in [0.3, 0.4) is 0 Å². The second-order valence-corrected chi connectivity index (χ2v) is 6.45. The van der Waals surface area contributed by atoms with Gasteiger partial charge in [-0.15, -0.1) is 0 Å². The second-order valence-electron chi connectivity index (χ2n) is 6.45. The van der Waals surface area contributed by atoms with Gasteiger partial charge in [0.25, 0.3) is 0 Å². The van der Waals surface area contributed by atoms with E-state index in [-0.39, 0.29) is 6.42 Å². The lowest BCUT2D eigenvalue weighted by Gasteiger charge is -2.19. The molecule has 0 heterocycles. The number of anilines is 1. The highest BCUT2D eigenvalue weighted by atomic mass is 16.6. The maximum atomic E-state index is 11.6. The zero-order valence-electron chi connectivity index (χ0n) is 14.0. The van der Waals surface area contributed by atoms with E-state index in [9.17, 15) is 14.4 Å². The molecule has 132 valence electrons. The number of carboxylic acid groups (broad SMARTS) is 2. The molecule has 1 rings (SSSR count). The summed E-state index contributed by atoms with van der Waals surface area (Å²) in [4.78, 5) is 33.2. The Balaban J connectivity index is 2.49.